The number of ether oxygens (including phenoxy) is 1. The maximum absolute atomic E-state index is 12.5. The lowest BCUT2D eigenvalue weighted by Gasteiger charge is -2.33. The molecule has 0 unspecified atom stereocenters. The van der Waals surface area contributed by atoms with Gasteiger partial charge in [-0.1, -0.05) is 18.0 Å². The molecule has 4 rings (SSSR count). The number of nitrogens with zero attached hydrogens (tertiary/aromatic N) is 2. The predicted octanol–water partition coefficient (Wildman–Crippen LogP) is 2.33. The van der Waals surface area contributed by atoms with Gasteiger partial charge in [-0.25, -0.2) is 0 Å². The van der Waals surface area contributed by atoms with Crippen molar-refractivity contribution in [3.63, 3.8) is 0 Å². The number of carbonyl (C=O) groups excluding carboxylic acids is 1. The van der Waals surface area contributed by atoms with Gasteiger partial charge in [0.25, 0.3) is 0 Å². The zero-order valence-electron chi connectivity index (χ0n) is 15.3. The minimum absolute atomic E-state index is 0.110. The summed E-state index contributed by atoms with van der Waals surface area (Å²) >= 11 is 0. The van der Waals surface area contributed by atoms with Crippen LogP contribution in [-0.2, 0) is 16.1 Å². The molecule has 0 spiro atoms. The smallest absolute Gasteiger partial charge is 0.249 e. The van der Waals surface area contributed by atoms with E-state index in [2.05, 4.69) is 15.4 Å². The monoisotopic (exact) mass is 347 g/mol. The minimum Gasteiger partial charge on any atom is -0.364 e. The van der Waals surface area contributed by atoms with Crippen LogP contribution < -0.4 is 5.32 Å². The number of aromatic nitrogens is 1. The summed E-state index contributed by atoms with van der Waals surface area (Å²) in [5.41, 5.74) is 2.16. The topological polar surface area (TPSA) is 67.6 Å². The number of nitrogens with one attached hydrogen (secondary N) is 1. The second-order valence-electron chi connectivity index (χ2n) is 7.98. The van der Waals surface area contributed by atoms with Gasteiger partial charge in [0.2, 0.25) is 5.91 Å². The van der Waals surface area contributed by atoms with Crippen molar-refractivity contribution in [2.75, 3.05) is 13.1 Å². The Morgan fingerprint density at radius 2 is 2.08 bits per heavy atom. The van der Waals surface area contributed by atoms with Gasteiger partial charge in [0.1, 0.15) is 11.9 Å². The van der Waals surface area contributed by atoms with Crippen LogP contribution in [0.1, 0.15) is 55.5 Å². The van der Waals surface area contributed by atoms with Gasteiger partial charge < -0.3 is 14.6 Å². The van der Waals surface area contributed by atoms with Crippen LogP contribution in [0.5, 0.6) is 0 Å². The highest BCUT2D eigenvalue weighted by Crippen LogP contribution is 2.34. The van der Waals surface area contributed by atoms with E-state index in [1.807, 2.05) is 13.8 Å². The molecule has 1 saturated carbocycles. The number of hydrogen-bond acceptors (Lipinski definition) is 5. The summed E-state index contributed by atoms with van der Waals surface area (Å²) < 4.78 is 11.4. The van der Waals surface area contributed by atoms with Crippen LogP contribution in [0.15, 0.2) is 4.52 Å². The lowest BCUT2D eigenvalue weighted by molar-refractivity contribution is -0.133. The first-order valence-electron chi connectivity index (χ1n) is 9.70. The summed E-state index contributed by atoms with van der Waals surface area (Å²) in [6.07, 6.45) is 6.61. The Labute approximate surface area is 149 Å². The minimum atomic E-state index is -0.255. The second-order valence-corrected chi connectivity index (χ2v) is 7.98. The van der Waals surface area contributed by atoms with Crippen LogP contribution in [0.4, 0.5) is 0 Å². The van der Waals surface area contributed by atoms with Gasteiger partial charge >= 0.3 is 0 Å². The van der Waals surface area contributed by atoms with Crippen LogP contribution in [0.3, 0.4) is 0 Å². The lowest BCUT2D eigenvalue weighted by Crippen LogP contribution is -2.42. The Balaban J connectivity index is 1.32. The number of aryl methyl sites for hydroxylation is 2. The highest BCUT2D eigenvalue weighted by Gasteiger charge is 2.42. The molecule has 1 N–H and O–H groups in total. The standard InChI is InChI=1S/C19H29N3O3/c1-12-16(13(2)25-21-12)10-22-8-7-14-9-17(24-18(14)11-22)19(23)20-15-5-3-4-6-15/h14-15,17-18H,3-11H2,1-2H3,(H,20,23)/t14-,17+,18-/m0/s1. The van der Waals surface area contributed by atoms with Gasteiger partial charge in [-0.15, -0.1) is 0 Å². The van der Waals surface area contributed by atoms with Gasteiger partial charge in [0.05, 0.1) is 11.8 Å². The molecule has 0 aromatic carbocycles. The lowest BCUT2D eigenvalue weighted by atomic mass is 9.91. The third-order valence-electron chi connectivity index (χ3n) is 6.19. The maximum Gasteiger partial charge on any atom is 0.249 e. The summed E-state index contributed by atoms with van der Waals surface area (Å²) in [5.74, 6) is 1.53. The van der Waals surface area contributed by atoms with Crippen molar-refractivity contribution in [1.29, 1.82) is 0 Å². The van der Waals surface area contributed by atoms with E-state index in [0.29, 0.717) is 12.0 Å². The van der Waals surface area contributed by atoms with E-state index in [1.54, 1.807) is 0 Å². The third-order valence-corrected chi connectivity index (χ3v) is 6.19. The summed E-state index contributed by atoms with van der Waals surface area (Å²) in [4.78, 5) is 14.9. The van der Waals surface area contributed by atoms with Gasteiger partial charge in [0, 0.05) is 24.7 Å². The summed E-state index contributed by atoms with van der Waals surface area (Å²) in [6, 6.07) is 0.370. The highest BCUT2D eigenvalue weighted by atomic mass is 16.5. The van der Waals surface area contributed by atoms with Crippen molar-refractivity contribution in [3.05, 3.63) is 17.0 Å². The van der Waals surface area contributed by atoms with Crippen LogP contribution >= 0.6 is 0 Å². The molecule has 1 aromatic rings. The largest absolute Gasteiger partial charge is 0.364 e. The van der Waals surface area contributed by atoms with E-state index < -0.39 is 0 Å². The number of piperidine rings is 1. The molecule has 25 heavy (non-hydrogen) atoms. The summed E-state index contributed by atoms with van der Waals surface area (Å²) in [6.45, 7) is 6.76. The fourth-order valence-corrected chi connectivity index (χ4v) is 4.62. The molecule has 1 amide bonds. The van der Waals surface area contributed by atoms with Gasteiger partial charge in [-0.05, 0) is 52.0 Å². The fraction of sp³-hybridized carbons (Fsp3) is 0.789. The molecule has 2 saturated heterocycles. The molecule has 6 heteroatoms. The first-order valence-corrected chi connectivity index (χ1v) is 9.70. The Morgan fingerprint density at radius 1 is 1.28 bits per heavy atom. The Hall–Kier alpha value is -1.40. The molecule has 138 valence electrons. The van der Waals surface area contributed by atoms with Crippen LogP contribution in [0.25, 0.3) is 0 Å². The molecule has 3 heterocycles. The average molecular weight is 347 g/mol. The SMILES string of the molecule is Cc1noc(C)c1CN1CC[C@H]2C[C@H](C(=O)NC3CCCC3)O[C@H]2C1. The van der Waals surface area contributed by atoms with Crippen LogP contribution in [-0.4, -0.2) is 47.3 Å². The van der Waals surface area contributed by atoms with E-state index in [4.69, 9.17) is 9.26 Å². The third kappa shape index (κ3) is 3.60. The van der Waals surface area contributed by atoms with Crippen molar-refractivity contribution in [2.45, 2.75) is 77.2 Å². The molecule has 3 aliphatic rings. The van der Waals surface area contributed by atoms with E-state index in [-0.39, 0.29) is 18.1 Å². The quantitative estimate of drug-likeness (QED) is 0.905. The zero-order chi connectivity index (χ0) is 17.4. The first kappa shape index (κ1) is 17.0. The fourth-order valence-electron chi connectivity index (χ4n) is 4.62. The van der Waals surface area contributed by atoms with Gasteiger partial charge in [0.15, 0.2) is 0 Å². The predicted molar refractivity (Wildman–Crippen MR) is 93.0 cm³/mol. The zero-order valence-corrected chi connectivity index (χ0v) is 15.3. The molecular formula is C19H29N3O3. The number of hydrogen-bond donors (Lipinski definition) is 1. The molecule has 3 atom stereocenters. The van der Waals surface area contributed by atoms with Crippen molar-refractivity contribution in [1.82, 2.24) is 15.4 Å². The summed E-state index contributed by atoms with van der Waals surface area (Å²) in [5, 5.41) is 7.24. The van der Waals surface area contributed by atoms with Crippen LogP contribution in [0, 0.1) is 19.8 Å². The van der Waals surface area contributed by atoms with Crippen molar-refractivity contribution in [3.8, 4) is 0 Å². The molecule has 2 aliphatic heterocycles. The second kappa shape index (κ2) is 7.08. The number of fused-ring (bicyclic) bond motifs is 1. The van der Waals surface area contributed by atoms with E-state index >= 15 is 0 Å². The molecule has 1 aromatic heterocycles. The molecule has 1 aliphatic carbocycles. The van der Waals surface area contributed by atoms with E-state index in [9.17, 15) is 4.79 Å². The van der Waals surface area contributed by atoms with Crippen molar-refractivity contribution >= 4 is 5.91 Å². The van der Waals surface area contributed by atoms with E-state index in [1.165, 1.54) is 18.4 Å². The molecule has 6 nitrogen and oxygen atoms in total. The van der Waals surface area contributed by atoms with Gasteiger partial charge in [-0.3, -0.25) is 9.69 Å². The maximum atomic E-state index is 12.5. The Morgan fingerprint density at radius 3 is 2.80 bits per heavy atom. The van der Waals surface area contributed by atoms with Gasteiger partial charge in [-0.2, -0.15) is 0 Å². The Kier molecular flexibility index (Phi) is 4.82. The number of likely N-dealkylation sites (tertiary alicyclic amines) is 1. The number of amides is 1. The van der Waals surface area contributed by atoms with Crippen molar-refractivity contribution < 1.29 is 14.1 Å². The molecule has 0 bridgehead atoms. The molecule has 3 fully saturated rings. The molecular weight excluding hydrogens is 318 g/mol. The number of rotatable bonds is 4. The normalized spacial score (nSPS) is 30.6. The first-order chi connectivity index (χ1) is 12.1. The highest BCUT2D eigenvalue weighted by molar-refractivity contribution is 5.81. The van der Waals surface area contributed by atoms with Crippen molar-refractivity contribution in [2.24, 2.45) is 5.92 Å². The Bertz CT molecular complexity index is 604. The summed E-state index contributed by atoms with van der Waals surface area (Å²) in [7, 11) is 0. The van der Waals surface area contributed by atoms with E-state index in [0.717, 1.165) is 56.8 Å². The average Bonchev–Trinajstić information content (AvgIpc) is 3.31. The van der Waals surface area contributed by atoms with Crippen LogP contribution in [0.2, 0.25) is 0 Å². The number of carbonyl (C=O) groups is 1. The molecule has 0 radical (unpaired) electrons.